The summed E-state index contributed by atoms with van der Waals surface area (Å²) in [4.78, 5) is 32.9. The second-order valence-corrected chi connectivity index (χ2v) is 7.82. The molecule has 1 saturated heterocycles. The molecule has 2 heterocycles. The summed E-state index contributed by atoms with van der Waals surface area (Å²) in [7, 11) is 0. The molecule has 0 atom stereocenters. The van der Waals surface area contributed by atoms with Gasteiger partial charge in [-0.15, -0.1) is 0 Å². The van der Waals surface area contributed by atoms with E-state index in [2.05, 4.69) is 4.98 Å². The lowest BCUT2D eigenvalue weighted by Gasteiger charge is -2.36. The molecule has 3 aromatic rings. The van der Waals surface area contributed by atoms with Crippen molar-refractivity contribution in [1.82, 2.24) is 9.88 Å². The van der Waals surface area contributed by atoms with E-state index in [1.54, 1.807) is 17.0 Å². The highest BCUT2D eigenvalue weighted by Gasteiger charge is 2.25. The number of aromatic nitrogens is 1. The summed E-state index contributed by atoms with van der Waals surface area (Å²) in [5, 5.41) is 0.954. The molecule has 0 radical (unpaired) electrons. The van der Waals surface area contributed by atoms with Crippen molar-refractivity contribution < 1.29 is 14.0 Å². The van der Waals surface area contributed by atoms with Gasteiger partial charge in [0, 0.05) is 37.1 Å². The van der Waals surface area contributed by atoms with Crippen LogP contribution in [0.3, 0.4) is 0 Å². The van der Waals surface area contributed by atoms with Gasteiger partial charge in [-0.2, -0.15) is 0 Å². The van der Waals surface area contributed by atoms with E-state index in [9.17, 15) is 14.0 Å². The number of rotatable bonds is 3. The number of piperazine rings is 1. The Labute approximate surface area is 175 Å². The Hall–Kier alpha value is -3.28. The van der Waals surface area contributed by atoms with Gasteiger partial charge in [-0.25, -0.2) is 4.39 Å². The minimum Gasteiger partial charge on any atom is -0.366 e. The predicted molar refractivity (Wildman–Crippen MR) is 116 cm³/mol. The van der Waals surface area contributed by atoms with E-state index in [4.69, 9.17) is 0 Å². The van der Waals surface area contributed by atoms with E-state index in [0.29, 0.717) is 48.7 Å². The third kappa shape index (κ3) is 3.77. The zero-order valence-electron chi connectivity index (χ0n) is 17.4. The fourth-order valence-electron chi connectivity index (χ4n) is 3.91. The Bertz CT molecular complexity index is 1150. The van der Waals surface area contributed by atoms with Gasteiger partial charge in [0.05, 0.1) is 22.5 Å². The highest BCUT2D eigenvalue weighted by Crippen LogP contribution is 2.24. The predicted octanol–water partition coefficient (Wildman–Crippen LogP) is 4.16. The molecule has 0 saturated carbocycles. The minimum atomic E-state index is -0.410. The largest absolute Gasteiger partial charge is 0.366 e. The second-order valence-electron chi connectivity index (χ2n) is 7.82. The van der Waals surface area contributed by atoms with Gasteiger partial charge in [-0.05, 0) is 57.2 Å². The molecule has 4 rings (SSSR count). The quantitative estimate of drug-likeness (QED) is 0.614. The summed E-state index contributed by atoms with van der Waals surface area (Å²) in [6.07, 6.45) is 0. The van der Waals surface area contributed by atoms with Crippen molar-refractivity contribution in [2.24, 2.45) is 0 Å². The van der Waals surface area contributed by atoms with Gasteiger partial charge in [0.25, 0.3) is 5.91 Å². The van der Waals surface area contributed by atoms with E-state index in [0.717, 1.165) is 16.5 Å². The number of carbonyl (C=O) groups excluding carboxylic acids is 2. The molecule has 5 nitrogen and oxygen atoms in total. The van der Waals surface area contributed by atoms with Gasteiger partial charge in [0.2, 0.25) is 0 Å². The van der Waals surface area contributed by atoms with Gasteiger partial charge in [0.15, 0.2) is 5.78 Å². The monoisotopic (exact) mass is 405 g/mol. The Morgan fingerprint density at radius 2 is 1.70 bits per heavy atom. The van der Waals surface area contributed by atoms with Gasteiger partial charge >= 0.3 is 0 Å². The number of ketones is 1. The maximum absolute atomic E-state index is 14.5. The molecular formula is C24H24FN3O2. The summed E-state index contributed by atoms with van der Waals surface area (Å²) in [5.41, 5.74) is 4.15. The first-order valence-corrected chi connectivity index (χ1v) is 10.1. The number of nitrogens with zero attached hydrogens (tertiary/aromatic N) is 3. The van der Waals surface area contributed by atoms with Crippen LogP contribution in [0, 0.1) is 19.7 Å². The van der Waals surface area contributed by atoms with Crippen LogP contribution in [0.15, 0.2) is 42.5 Å². The van der Waals surface area contributed by atoms with E-state index in [1.807, 2.05) is 43.0 Å². The molecule has 1 aromatic heterocycles. The molecule has 0 bridgehead atoms. The van der Waals surface area contributed by atoms with Crippen LogP contribution in [0.25, 0.3) is 10.9 Å². The van der Waals surface area contributed by atoms with Crippen LogP contribution >= 0.6 is 0 Å². The third-order valence-electron chi connectivity index (χ3n) is 5.65. The molecule has 0 unspecified atom stereocenters. The van der Waals surface area contributed by atoms with Crippen molar-refractivity contribution in [2.75, 3.05) is 31.1 Å². The van der Waals surface area contributed by atoms with Crippen molar-refractivity contribution in [1.29, 1.82) is 0 Å². The molecule has 6 heteroatoms. The number of benzene rings is 2. The standard InChI is InChI=1S/C24H24FN3O2/c1-15-4-6-22-19(12-15)13-20(16(2)26-22)24(30)28-10-8-27(9-11-28)23-7-5-18(17(3)29)14-21(23)25/h4-7,12-14H,8-11H2,1-3H3. The summed E-state index contributed by atoms with van der Waals surface area (Å²) in [6, 6.07) is 12.5. The lowest BCUT2D eigenvalue weighted by Crippen LogP contribution is -2.49. The molecule has 0 aliphatic carbocycles. The minimum absolute atomic E-state index is 0.0459. The van der Waals surface area contributed by atoms with E-state index in [1.165, 1.54) is 13.0 Å². The van der Waals surface area contributed by atoms with Crippen LogP contribution in [0.2, 0.25) is 0 Å². The zero-order valence-corrected chi connectivity index (χ0v) is 17.4. The highest BCUT2D eigenvalue weighted by atomic mass is 19.1. The van der Waals surface area contributed by atoms with Crippen molar-refractivity contribution in [2.45, 2.75) is 20.8 Å². The first kappa shape index (κ1) is 20.0. The van der Waals surface area contributed by atoms with Crippen LogP contribution in [-0.4, -0.2) is 47.8 Å². The van der Waals surface area contributed by atoms with Crippen molar-refractivity contribution >= 4 is 28.3 Å². The van der Waals surface area contributed by atoms with Crippen molar-refractivity contribution in [3.05, 3.63) is 70.7 Å². The van der Waals surface area contributed by atoms with Gasteiger partial charge < -0.3 is 9.80 Å². The van der Waals surface area contributed by atoms with Crippen LogP contribution in [0.5, 0.6) is 0 Å². The molecule has 2 aromatic carbocycles. The number of hydrogen-bond donors (Lipinski definition) is 0. The lowest BCUT2D eigenvalue weighted by molar-refractivity contribution is 0.0745. The fraction of sp³-hybridized carbons (Fsp3) is 0.292. The van der Waals surface area contributed by atoms with Crippen LogP contribution in [0.1, 0.15) is 38.9 Å². The number of carbonyl (C=O) groups is 2. The Balaban J connectivity index is 1.50. The molecule has 1 fully saturated rings. The summed E-state index contributed by atoms with van der Waals surface area (Å²) in [5.74, 6) is -0.617. The Kier molecular flexibility index (Phi) is 5.24. The molecular weight excluding hydrogens is 381 g/mol. The molecule has 1 aliphatic heterocycles. The van der Waals surface area contributed by atoms with Gasteiger partial charge in [-0.3, -0.25) is 14.6 Å². The number of anilines is 1. The highest BCUT2D eigenvalue weighted by molar-refractivity contribution is 5.99. The number of Topliss-reactive ketones (excluding diaryl/α,β-unsaturated/α-hetero) is 1. The average molecular weight is 405 g/mol. The zero-order chi connectivity index (χ0) is 21.4. The van der Waals surface area contributed by atoms with Crippen molar-refractivity contribution in [3.63, 3.8) is 0 Å². The number of amides is 1. The summed E-state index contributed by atoms with van der Waals surface area (Å²) < 4.78 is 14.5. The first-order chi connectivity index (χ1) is 14.3. The summed E-state index contributed by atoms with van der Waals surface area (Å²) >= 11 is 0. The Morgan fingerprint density at radius 3 is 2.37 bits per heavy atom. The van der Waals surface area contributed by atoms with Gasteiger partial charge in [0.1, 0.15) is 5.82 Å². The molecule has 0 spiro atoms. The molecule has 0 N–H and O–H groups in total. The summed E-state index contributed by atoms with van der Waals surface area (Å²) in [6.45, 7) is 7.35. The molecule has 30 heavy (non-hydrogen) atoms. The van der Waals surface area contributed by atoms with Crippen LogP contribution < -0.4 is 4.90 Å². The number of aryl methyl sites for hydroxylation is 2. The average Bonchev–Trinajstić information content (AvgIpc) is 2.73. The Morgan fingerprint density at radius 1 is 0.967 bits per heavy atom. The smallest absolute Gasteiger partial charge is 0.255 e. The topological polar surface area (TPSA) is 53.5 Å². The first-order valence-electron chi connectivity index (χ1n) is 10.1. The molecule has 1 aliphatic rings. The van der Waals surface area contributed by atoms with Gasteiger partial charge in [-0.1, -0.05) is 11.6 Å². The maximum Gasteiger partial charge on any atom is 0.255 e. The number of halogens is 1. The fourth-order valence-corrected chi connectivity index (χ4v) is 3.91. The SMILES string of the molecule is CC(=O)c1ccc(N2CCN(C(=O)c3cc4cc(C)ccc4nc3C)CC2)c(F)c1. The molecule has 1 amide bonds. The maximum atomic E-state index is 14.5. The number of fused-ring (bicyclic) bond motifs is 1. The number of pyridine rings is 1. The normalized spacial score (nSPS) is 14.3. The van der Waals surface area contributed by atoms with Crippen LogP contribution in [0.4, 0.5) is 10.1 Å². The molecule has 154 valence electrons. The van der Waals surface area contributed by atoms with E-state index < -0.39 is 5.82 Å². The van der Waals surface area contributed by atoms with E-state index >= 15 is 0 Å². The third-order valence-corrected chi connectivity index (χ3v) is 5.65. The number of hydrogen-bond acceptors (Lipinski definition) is 4. The van der Waals surface area contributed by atoms with Crippen molar-refractivity contribution in [3.8, 4) is 0 Å². The van der Waals surface area contributed by atoms with Crippen LogP contribution in [-0.2, 0) is 0 Å². The van der Waals surface area contributed by atoms with E-state index in [-0.39, 0.29) is 11.7 Å². The lowest BCUT2D eigenvalue weighted by atomic mass is 10.1. The second kappa shape index (κ2) is 7.86.